The molecule has 0 spiro atoms. The second-order valence-corrected chi connectivity index (χ2v) is 9.17. The van der Waals surface area contributed by atoms with Crippen molar-refractivity contribution in [2.45, 2.75) is 32.9 Å². The normalized spacial score (nSPS) is 17.2. The van der Waals surface area contributed by atoms with E-state index in [0.29, 0.717) is 11.7 Å². The van der Waals surface area contributed by atoms with Crippen molar-refractivity contribution in [2.24, 2.45) is 0 Å². The number of nitrogens with one attached hydrogen (secondary N) is 1. The van der Waals surface area contributed by atoms with Gasteiger partial charge >= 0.3 is 0 Å². The zero-order valence-corrected chi connectivity index (χ0v) is 21.8. The second kappa shape index (κ2) is 10.0. The number of hydrogen-bond acceptors (Lipinski definition) is 4. The minimum Gasteiger partial charge on any atom is -0.497 e. The summed E-state index contributed by atoms with van der Waals surface area (Å²) in [5.74, 6) is 1.67. The molecule has 1 fully saturated rings. The number of anilines is 1. The number of hydrogen-bond donors (Lipinski definition) is 1. The van der Waals surface area contributed by atoms with Crippen LogP contribution in [0.2, 0.25) is 0 Å². The van der Waals surface area contributed by atoms with E-state index in [2.05, 4.69) is 70.0 Å². The van der Waals surface area contributed by atoms with Gasteiger partial charge in [0.1, 0.15) is 11.5 Å². The molecule has 1 aliphatic rings. The van der Waals surface area contributed by atoms with Gasteiger partial charge in [-0.25, -0.2) is 0 Å². The average Bonchev–Trinajstić information content (AvgIpc) is 3.40. The van der Waals surface area contributed by atoms with E-state index in [1.54, 1.807) is 7.11 Å². The molecular formula is C29H30N4O2S. The van der Waals surface area contributed by atoms with Crippen molar-refractivity contribution in [1.82, 2.24) is 14.9 Å². The Kier molecular flexibility index (Phi) is 6.65. The van der Waals surface area contributed by atoms with Crippen LogP contribution in [0.25, 0.3) is 5.69 Å². The predicted molar refractivity (Wildman–Crippen MR) is 147 cm³/mol. The van der Waals surface area contributed by atoms with Gasteiger partial charge in [-0.3, -0.25) is 4.98 Å². The molecule has 1 saturated heterocycles. The molecule has 2 aromatic carbocycles. The number of ether oxygens (including phenoxy) is 2. The van der Waals surface area contributed by atoms with Gasteiger partial charge in [0.15, 0.2) is 5.11 Å². The Morgan fingerprint density at radius 2 is 1.75 bits per heavy atom. The Balaban J connectivity index is 1.64. The summed E-state index contributed by atoms with van der Waals surface area (Å²) in [6, 6.07) is 24.3. The van der Waals surface area contributed by atoms with Gasteiger partial charge in [-0.05, 0) is 93.1 Å². The summed E-state index contributed by atoms with van der Waals surface area (Å²) in [6.45, 7) is 6.91. The van der Waals surface area contributed by atoms with E-state index in [0.717, 1.165) is 40.0 Å². The molecule has 0 radical (unpaired) electrons. The Morgan fingerprint density at radius 3 is 2.44 bits per heavy atom. The summed E-state index contributed by atoms with van der Waals surface area (Å²) in [5.41, 5.74) is 6.49. The highest BCUT2D eigenvalue weighted by Gasteiger charge is 2.42. The third kappa shape index (κ3) is 4.31. The maximum atomic E-state index is 5.90. The molecule has 7 heteroatoms. The predicted octanol–water partition coefficient (Wildman–Crippen LogP) is 6.07. The van der Waals surface area contributed by atoms with E-state index in [-0.39, 0.29) is 12.1 Å². The van der Waals surface area contributed by atoms with Crippen molar-refractivity contribution < 1.29 is 9.47 Å². The number of rotatable bonds is 7. The van der Waals surface area contributed by atoms with E-state index in [4.69, 9.17) is 21.7 Å². The molecule has 184 valence electrons. The molecule has 0 saturated carbocycles. The molecule has 0 unspecified atom stereocenters. The number of aryl methyl sites for hydroxylation is 1. The van der Waals surface area contributed by atoms with E-state index >= 15 is 0 Å². The number of nitrogens with zero attached hydrogens (tertiary/aromatic N) is 3. The maximum absolute atomic E-state index is 5.90. The fourth-order valence-corrected chi connectivity index (χ4v) is 5.40. The van der Waals surface area contributed by atoms with Crippen molar-refractivity contribution in [1.29, 1.82) is 0 Å². The third-order valence-electron chi connectivity index (χ3n) is 6.62. The van der Waals surface area contributed by atoms with Gasteiger partial charge in [0.05, 0.1) is 31.5 Å². The lowest BCUT2D eigenvalue weighted by Gasteiger charge is -2.28. The third-order valence-corrected chi connectivity index (χ3v) is 6.94. The van der Waals surface area contributed by atoms with E-state index in [9.17, 15) is 0 Å². The van der Waals surface area contributed by atoms with Gasteiger partial charge in [0.25, 0.3) is 0 Å². The number of methoxy groups -OCH3 is 1. The SMILES string of the molecule is CCOc1ccc(N2C(=S)N[C@H](c3ccccn3)[C@H]2c2cc(C)n(-c3cccc(OC)c3)c2C)cc1. The molecule has 5 rings (SSSR count). The van der Waals surface area contributed by atoms with E-state index < -0.39 is 0 Å². The lowest BCUT2D eigenvalue weighted by Crippen LogP contribution is -2.29. The van der Waals surface area contributed by atoms with Crippen LogP contribution in [-0.4, -0.2) is 28.4 Å². The lowest BCUT2D eigenvalue weighted by molar-refractivity contribution is 0.340. The van der Waals surface area contributed by atoms with Gasteiger partial charge in [0, 0.05) is 35.0 Å². The van der Waals surface area contributed by atoms with Crippen molar-refractivity contribution in [3.05, 3.63) is 102 Å². The van der Waals surface area contributed by atoms with Crippen LogP contribution in [0.15, 0.2) is 79.0 Å². The first-order valence-corrected chi connectivity index (χ1v) is 12.5. The molecule has 36 heavy (non-hydrogen) atoms. The van der Waals surface area contributed by atoms with Crippen LogP contribution in [0.3, 0.4) is 0 Å². The first-order valence-electron chi connectivity index (χ1n) is 12.1. The molecule has 0 aliphatic carbocycles. The molecule has 1 N–H and O–H groups in total. The standard InChI is InChI=1S/C29H30N4O2S/c1-5-35-23-14-12-21(13-15-23)33-28(27(31-29(33)36)26-11-6-7-16-30-26)25-17-19(2)32(20(25)3)22-9-8-10-24(18-22)34-4/h6-18,27-28H,5H2,1-4H3,(H,31,36)/t27-,28-/m1/s1. The fraction of sp³-hybridized carbons (Fsp3) is 0.241. The summed E-state index contributed by atoms with van der Waals surface area (Å²) >= 11 is 5.90. The van der Waals surface area contributed by atoms with Crippen LogP contribution in [0, 0.1) is 13.8 Å². The van der Waals surface area contributed by atoms with Crippen molar-refractivity contribution in [2.75, 3.05) is 18.6 Å². The number of benzene rings is 2. The molecule has 2 aromatic heterocycles. The highest BCUT2D eigenvalue weighted by atomic mass is 32.1. The molecule has 1 aliphatic heterocycles. The van der Waals surface area contributed by atoms with Crippen molar-refractivity contribution in [3.8, 4) is 17.2 Å². The Hall–Kier alpha value is -3.84. The minimum absolute atomic E-state index is 0.0871. The van der Waals surface area contributed by atoms with Gasteiger partial charge < -0.3 is 24.3 Å². The summed E-state index contributed by atoms with van der Waals surface area (Å²) in [7, 11) is 1.69. The van der Waals surface area contributed by atoms with Crippen LogP contribution in [0.5, 0.6) is 11.5 Å². The lowest BCUT2D eigenvalue weighted by atomic mass is 9.96. The average molecular weight is 499 g/mol. The largest absolute Gasteiger partial charge is 0.497 e. The first kappa shape index (κ1) is 23.9. The zero-order chi connectivity index (χ0) is 25.2. The Bertz CT molecular complexity index is 1370. The summed E-state index contributed by atoms with van der Waals surface area (Å²) in [6.07, 6.45) is 1.83. The topological polar surface area (TPSA) is 51.5 Å². The fourth-order valence-electron chi connectivity index (χ4n) is 5.05. The highest BCUT2D eigenvalue weighted by Crippen LogP contribution is 2.44. The van der Waals surface area contributed by atoms with Crippen LogP contribution in [0.1, 0.15) is 41.7 Å². The monoisotopic (exact) mass is 498 g/mol. The Labute approximate surface area is 217 Å². The molecule has 2 atom stereocenters. The summed E-state index contributed by atoms with van der Waals surface area (Å²) in [4.78, 5) is 6.88. The number of aromatic nitrogens is 2. The molecule has 3 heterocycles. The number of pyridine rings is 1. The summed E-state index contributed by atoms with van der Waals surface area (Å²) < 4.78 is 13.4. The first-order chi connectivity index (χ1) is 17.5. The highest BCUT2D eigenvalue weighted by molar-refractivity contribution is 7.80. The zero-order valence-electron chi connectivity index (χ0n) is 20.9. The molecule has 4 aromatic rings. The van der Waals surface area contributed by atoms with Crippen LogP contribution in [0.4, 0.5) is 5.69 Å². The van der Waals surface area contributed by atoms with E-state index in [1.165, 1.54) is 5.56 Å². The minimum atomic E-state index is -0.107. The number of thiocarbonyl (C=S) groups is 1. The van der Waals surface area contributed by atoms with Crippen LogP contribution in [-0.2, 0) is 0 Å². The van der Waals surface area contributed by atoms with Gasteiger partial charge in [0.2, 0.25) is 0 Å². The quantitative estimate of drug-likeness (QED) is 0.312. The van der Waals surface area contributed by atoms with E-state index in [1.807, 2.05) is 49.5 Å². The van der Waals surface area contributed by atoms with Crippen molar-refractivity contribution in [3.63, 3.8) is 0 Å². The molecule has 6 nitrogen and oxygen atoms in total. The van der Waals surface area contributed by atoms with Crippen LogP contribution >= 0.6 is 12.2 Å². The maximum Gasteiger partial charge on any atom is 0.174 e. The van der Waals surface area contributed by atoms with Crippen LogP contribution < -0.4 is 19.7 Å². The van der Waals surface area contributed by atoms with Gasteiger partial charge in [-0.15, -0.1) is 0 Å². The molecule has 0 bridgehead atoms. The smallest absolute Gasteiger partial charge is 0.174 e. The van der Waals surface area contributed by atoms with Gasteiger partial charge in [-0.1, -0.05) is 12.1 Å². The Morgan fingerprint density at radius 1 is 0.944 bits per heavy atom. The summed E-state index contributed by atoms with van der Waals surface area (Å²) in [5, 5.41) is 4.23. The second-order valence-electron chi connectivity index (χ2n) is 8.79. The van der Waals surface area contributed by atoms with Crippen molar-refractivity contribution >= 4 is 23.0 Å². The molecular weight excluding hydrogens is 468 g/mol. The van der Waals surface area contributed by atoms with Gasteiger partial charge in [-0.2, -0.15) is 0 Å². The molecule has 0 amide bonds.